The highest BCUT2D eigenvalue weighted by atomic mass is 32.2. The topological polar surface area (TPSA) is 81.7 Å². The normalized spacial score (nSPS) is 10.9. The van der Waals surface area contributed by atoms with Crippen molar-refractivity contribution in [3.8, 4) is 5.75 Å². The van der Waals surface area contributed by atoms with Gasteiger partial charge in [0.1, 0.15) is 11.6 Å². The Kier molecular flexibility index (Phi) is 4.85. The molecule has 0 aromatic heterocycles. The molecular formula is C15H14FNO5S. The van der Waals surface area contributed by atoms with Gasteiger partial charge in [-0.2, -0.15) is 0 Å². The van der Waals surface area contributed by atoms with Gasteiger partial charge in [0, 0.05) is 0 Å². The molecule has 8 heteroatoms. The van der Waals surface area contributed by atoms with E-state index in [1.54, 1.807) is 0 Å². The van der Waals surface area contributed by atoms with Crippen molar-refractivity contribution in [2.24, 2.45) is 0 Å². The highest BCUT2D eigenvalue weighted by Crippen LogP contribution is 2.22. The van der Waals surface area contributed by atoms with Crippen LogP contribution in [0.1, 0.15) is 10.4 Å². The first-order valence-corrected chi connectivity index (χ1v) is 7.90. The first kappa shape index (κ1) is 16.8. The van der Waals surface area contributed by atoms with Crippen LogP contribution < -0.4 is 9.46 Å². The molecule has 2 rings (SSSR count). The Labute approximate surface area is 132 Å². The maximum absolute atomic E-state index is 14.0. The molecule has 0 bridgehead atoms. The summed E-state index contributed by atoms with van der Waals surface area (Å²) >= 11 is 0. The molecule has 0 fully saturated rings. The Morgan fingerprint density at radius 2 is 1.74 bits per heavy atom. The molecule has 0 heterocycles. The van der Waals surface area contributed by atoms with Crippen LogP contribution in [0, 0.1) is 5.82 Å². The molecule has 0 aliphatic rings. The van der Waals surface area contributed by atoms with E-state index in [1.165, 1.54) is 44.6 Å². The van der Waals surface area contributed by atoms with Gasteiger partial charge in [0.25, 0.3) is 10.0 Å². The number of benzene rings is 2. The maximum Gasteiger partial charge on any atom is 0.337 e. The zero-order chi connectivity index (χ0) is 17.0. The number of rotatable bonds is 5. The lowest BCUT2D eigenvalue weighted by molar-refractivity contribution is 0.0600. The number of ether oxygens (including phenoxy) is 2. The smallest absolute Gasteiger partial charge is 0.337 e. The van der Waals surface area contributed by atoms with Crippen LogP contribution in [-0.2, 0) is 14.8 Å². The molecule has 0 saturated carbocycles. The van der Waals surface area contributed by atoms with Crippen LogP contribution in [0.3, 0.4) is 0 Å². The first-order valence-electron chi connectivity index (χ1n) is 6.42. The predicted molar refractivity (Wildman–Crippen MR) is 81.5 cm³/mol. The van der Waals surface area contributed by atoms with E-state index in [2.05, 4.69) is 9.46 Å². The third-order valence-electron chi connectivity index (χ3n) is 3.00. The van der Waals surface area contributed by atoms with Crippen molar-refractivity contribution in [2.45, 2.75) is 4.90 Å². The summed E-state index contributed by atoms with van der Waals surface area (Å²) in [6, 6.07) is 8.95. The van der Waals surface area contributed by atoms with E-state index in [0.29, 0.717) is 5.75 Å². The maximum atomic E-state index is 14.0. The predicted octanol–water partition coefficient (Wildman–Crippen LogP) is 2.42. The lowest BCUT2D eigenvalue weighted by Crippen LogP contribution is -2.14. The summed E-state index contributed by atoms with van der Waals surface area (Å²) < 4.78 is 49.9. The molecule has 0 aliphatic carbocycles. The zero-order valence-electron chi connectivity index (χ0n) is 12.4. The van der Waals surface area contributed by atoms with Crippen LogP contribution >= 0.6 is 0 Å². The monoisotopic (exact) mass is 339 g/mol. The molecular weight excluding hydrogens is 325 g/mol. The highest BCUT2D eigenvalue weighted by molar-refractivity contribution is 7.92. The van der Waals surface area contributed by atoms with Crippen LogP contribution in [0.15, 0.2) is 47.4 Å². The van der Waals surface area contributed by atoms with E-state index in [9.17, 15) is 17.6 Å². The number of carbonyl (C=O) groups excluding carboxylic acids is 1. The number of methoxy groups -OCH3 is 2. The molecule has 0 aliphatic heterocycles. The number of sulfonamides is 1. The summed E-state index contributed by atoms with van der Waals surface area (Å²) in [6.45, 7) is 0. The minimum Gasteiger partial charge on any atom is -0.497 e. The average molecular weight is 339 g/mol. The van der Waals surface area contributed by atoms with Gasteiger partial charge < -0.3 is 9.47 Å². The van der Waals surface area contributed by atoms with E-state index < -0.39 is 21.8 Å². The average Bonchev–Trinajstić information content (AvgIpc) is 2.55. The summed E-state index contributed by atoms with van der Waals surface area (Å²) in [7, 11) is -1.34. The van der Waals surface area contributed by atoms with Crippen molar-refractivity contribution >= 4 is 21.7 Å². The summed E-state index contributed by atoms with van der Waals surface area (Å²) in [5, 5.41) is 0. The molecule has 23 heavy (non-hydrogen) atoms. The van der Waals surface area contributed by atoms with Crippen molar-refractivity contribution in [3.05, 3.63) is 53.8 Å². The van der Waals surface area contributed by atoms with Crippen molar-refractivity contribution in [1.82, 2.24) is 0 Å². The standard InChI is InChI=1S/C15H14FNO5S/c1-21-11-4-6-12(7-5-11)23(19,20)17-14-8-3-10(9-13(14)16)15(18)22-2/h3-9,17H,1-2H3. The van der Waals surface area contributed by atoms with Gasteiger partial charge >= 0.3 is 5.97 Å². The number of esters is 1. The zero-order valence-corrected chi connectivity index (χ0v) is 13.2. The summed E-state index contributed by atoms with van der Waals surface area (Å²) in [6.07, 6.45) is 0. The number of hydrogen-bond donors (Lipinski definition) is 1. The molecule has 122 valence electrons. The van der Waals surface area contributed by atoms with E-state index in [4.69, 9.17) is 4.74 Å². The fourth-order valence-electron chi connectivity index (χ4n) is 1.80. The summed E-state index contributed by atoms with van der Waals surface area (Å²) in [5.41, 5.74) is -0.286. The van der Waals surface area contributed by atoms with Gasteiger partial charge in [0.15, 0.2) is 0 Å². The first-order chi connectivity index (χ1) is 10.9. The molecule has 2 aromatic carbocycles. The van der Waals surface area contributed by atoms with Crippen LogP contribution in [0.25, 0.3) is 0 Å². The number of halogens is 1. The minimum atomic E-state index is -3.96. The lowest BCUT2D eigenvalue weighted by atomic mass is 10.2. The molecule has 1 N–H and O–H groups in total. The van der Waals surface area contributed by atoms with Crippen molar-refractivity contribution in [2.75, 3.05) is 18.9 Å². The molecule has 6 nitrogen and oxygen atoms in total. The van der Waals surface area contributed by atoms with E-state index in [1.807, 2.05) is 0 Å². The van der Waals surface area contributed by atoms with Crippen LogP contribution in [0.5, 0.6) is 5.75 Å². The van der Waals surface area contributed by atoms with Crippen LogP contribution in [0.2, 0.25) is 0 Å². The van der Waals surface area contributed by atoms with Gasteiger partial charge in [0.2, 0.25) is 0 Å². The number of anilines is 1. The third-order valence-corrected chi connectivity index (χ3v) is 4.39. The Hall–Kier alpha value is -2.61. The second kappa shape index (κ2) is 6.66. The van der Waals surface area contributed by atoms with Crippen molar-refractivity contribution in [3.63, 3.8) is 0 Å². The Morgan fingerprint density at radius 1 is 1.09 bits per heavy atom. The van der Waals surface area contributed by atoms with Crippen LogP contribution in [0.4, 0.5) is 10.1 Å². The second-order valence-corrected chi connectivity index (χ2v) is 6.15. The molecule has 0 radical (unpaired) electrons. The van der Waals surface area contributed by atoms with E-state index in [0.717, 1.165) is 12.1 Å². The Bertz CT molecular complexity index is 818. The lowest BCUT2D eigenvalue weighted by Gasteiger charge is -2.10. The molecule has 2 aromatic rings. The van der Waals surface area contributed by atoms with Crippen molar-refractivity contribution in [1.29, 1.82) is 0 Å². The molecule has 0 saturated heterocycles. The van der Waals surface area contributed by atoms with Gasteiger partial charge in [-0.3, -0.25) is 4.72 Å². The van der Waals surface area contributed by atoms with E-state index >= 15 is 0 Å². The van der Waals surface area contributed by atoms with Gasteiger partial charge in [-0.25, -0.2) is 17.6 Å². The molecule has 0 atom stereocenters. The highest BCUT2D eigenvalue weighted by Gasteiger charge is 2.17. The van der Waals surface area contributed by atoms with E-state index in [-0.39, 0.29) is 16.1 Å². The largest absolute Gasteiger partial charge is 0.497 e. The van der Waals surface area contributed by atoms with Gasteiger partial charge in [-0.05, 0) is 42.5 Å². The quantitative estimate of drug-likeness (QED) is 0.846. The Balaban J connectivity index is 2.27. The minimum absolute atomic E-state index is 0.0163. The molecule has 0 amide bonds. The molecule has 0 spiro atoms. The second-order valence-electron chi connectivity index (χ2n) is 4.47. The third kappa shape index (κ3) is 3.78. The number of hydrogen-bond acceptors (Lipinski definition) is 5. The van der Waals surface area contributed by atoms with Crippen LogP contribution in [-0.4, -0.2) is 28.6 Å². The SMILES string of the molecule is COC(=O)c1ccc(NS(=O)(=O)c2ccc(OC)cc2)c(F)c1. The van der Waals surface area contributed by atoms with Gasteiger partial charge in [0.05, 0.1) is 30.4 Å². The van der Waals surface area contributed by atoms with Gasteiger partial charge in [-0.1, -0.05) is 0 Å². The van der Waals surface area contributed by atoms with Crippen molar-refractivity contribution < 1.29 is 27.1 Å². The number of nitrogens with one attached hydrogen (secondary N) is 1. The Morgan fingerprint density at radius 3 is 2.26 bits per heavy atom. The molecule has 0 unspecified atom stereocenters. The number of carbonyl (C=O) groups is 1. The van der Waals surface area contributed by atoms with Gasteiger partial charge in [-0.15, -0.1) is 0 Å². The summed E-state index contributed by atoms with van der Waals surface area (Å²) in [5.74, 6) is -1.10. The fraction of sp³-hybridized carbons (Fsp3) is 0.133. The fourth-order valence-corrected chi connectivity index (χ4v) is 2.87. The summed E-state index contributed by atoms with van der Waals surface area (Å²) in [4.78, 5) is 11.3.